The highest BCUT2D eigenvalue weighted by molar-refractivity contribution is 6.28. The zero-order valence-electron chi connectivity index (χ0n) is 19.0. The zero-order valence-corrected chi connectivity index (χ0v) is 20.5. The van der Waals surface area contributed by atoms with Crippen LogP contribution in [0.15, 0.2) is 60.7 Å². The van der Waals surface area contributed by atoms with Crippen LogP contribution in [0.5, 0.6) is 0 Å². The smallest absolute Gasteiger partial charge is 0.407 e. The number of hydrogen-bond acceptors (Lipinski definition) is 3. The SMILES string of the molecule is O=C(CNC(=O)OCc1ccccc1)NC(c1ccccc1)[C@H]1[C@H]2C[C@@H]3C[C@](Cl)(C2)C[C@@]1(Cl)C3. The lowest BCUT2D eigenvalue weighted by Gasteiger charge is -2.63. The number of ether oxygens (including phenoxy) is 1. The minimum atomic E-state index is -0.622. The standard InChI is InChI=1S/C27H30Cl2N2O3/c28-26-12-19-11-21(14-26)23(27(29,13-19)17-26)24(20-9-5-2-6-10-20)31-22(32)15-30-25(33)34-16-18-7-3-1-4-8-18/h1-10,19,21,23-24H,11-17H2,(H,30,33)(H,31,32)/t19-,21+,23-,24?,26+,27+/m1/s1. The molecule has 4 saturated carbocycles. The Balaban J connectivity index is 1.25. The summed E-state index contributed by atoms with van der Waals surface area (Å²) in [5.41, 5.74) is 1.92. The van der Waals surface area contributed by atoms with E-state index in [2.05, 4.69) is 10.6 Å². The molecule has 2 amide bonds. The molecule has 0 saturated heterocycles. The summed E-state index contributed by atoms with van der Waals surface area (Å²) in [6, 6.07) is 19.2. The number of carbonyl (C=O) groups is 2. The summed E-state index contributed by atoms with van der Waals surface area (Å²) in [6.07, 6.45) is 4.17. The third kappa shape index (κ3) is 4.92. The number of nitrogens with one attached hydrogen (secondary N) is 2. The minimum Gasteiger partial charge on any atom is -0.445 e. The van der Waals surface area contributed by atoms with Gasteiger partial charge in [0.15, 0.2) is 0 Å². The summed E-state index contributed by atoms with van der Waals surface area (Å²) < 4.78 is 5.22. The van der Waals surface area contributed by atoms with Gasteiger partial charge in [-0.25, -0.2) is 4.79 Å². The molecule has 2 aromatic carbocycles. The summed E-state index contributed by atoms with van der Waals surface area (Å²) in [6.45, 7) is -0.00745. The van der Waals surface area contributed by atoms with Crippen LogP contribution in [0.1, 0.15) is 49.3 Å². The van der Waals surface area contributed by atoms with Gasteiger partial charge in [0.25, 0.3) is 0 Å². The van der Waals surface area contributed by atoms with Crippen LogP contribution in [0.25, 0.3) is 0 Å². The summed E-state index contributed by atoms with van der Waals surface area (Å²) in [5, 5.41) is 5.76. The van der Waals surface area contributed by atoms with Crippen molar-refractivity contribution in [1.82, 2.24) is 10.6 Å². The first-order chi connectivity index (χ1) is 16.3. The van der Waals surface area contributed by atoms with E-state index in [9.17, 15) is 9.59 Å². The molecule has 6 atom stereocenters. The van der Waals surface area contributed by atoms with E-state index in [-0.39, 0.29) is 35.9 Å². The van der Waals surface area contributed by atoms with Gasteiger partial charge in [-0.3, -0.25) is 4.79 Å². The minimum absolute atomic E-state index is 0.0916. The maximum atomic E-state index is 13.0. The molecule has 2 N–H and O–H groups in total. The van der Waals surface area contributed by atoms with Gasteiger partial charge in [-0.2, -0.15) is 0 Å². The summed E-state index contributed by atoms with van der Waals surface area (Å²) in [7, 11) is 0. The van der Waals surface area contributed by atoms with Gasteiger partial charge in [0.05, 0.1) is 10.9 Å². The highest BCUT2D eigenvalue weighted by Crippen LogP contribution is 2.66. The number of benzene rings is 2. The van der Waals surface area contributed by atoms with Gasteiger partial charge in [0.2, 0.25) is 5.91 Å². The predicted octanol–water partition coefficient (Wildman–Crippen LogP) is 5.57. The van der Waals surface area contributed by atoms with Gasteiger partial charge < -0.3 is 15.4 Å². The third-order valence-corrected chi connectivity index (χ3v) is 8.69. The fourth-order valence-electron chi connectivity index (χ4n) is 6.76. The van der Waals surface area contributed by atoms with E-state index in [1.165, 1.54) is 0 Å². The summed E-state index contributed by atoms with van der Waals surface area (Å²) in [4.78, 5) is 24.4. The van der Waals surface area contributed by atoms with Crippen LogP contribution in [0.2, 0.25) is 0 Å². The fourth-order valence-corrected chi connectivity index (χ4v) is 8.26. The Kier molecular flexibility index (Phi) is 6.51. The summed E-state index contributed by atoms with van der Waals surface area (Å²) >= 11 is 14.3. The Bertz CT molecular complexity index is 1040. The Morgan fingerprint density at radius 3 is 2.38 bits per heavy atom. The molecule has 2 aromatic rings. The van der Waals surface area contributed by atoms with Crippen molar-refractivity contribution < 1.29 is 14.3 Å². The third-order valence-electron chi connectivity index (χ3n) is 7.70. The number of carbonyl (C=O) groups excluding carboxylic acids is 2. The highest BCUT2D eigenvalue weighted by atomic mass is 35.5. The quantitative estimate of drug-likeness (QED) is 0.488. The number of alkyl halides is 2. The normalized spacial score (nSPS) is 32.1. The topological polar surface area (TPSA) is 67.4 Å². The number of alkyl carbamates (subject to hydrolysis) is 1. The van der Waals surface area contributed by atoms with Crippen molar-refractivity contribution in [2.24, 2.45) is 17.8 Å². The first kappa shape index (κ1) is 23.5. The maximum absolute atomic E-state index is 13.0. The molecule has 4 bridgehead atoms. The number of hydrogen-bond donors (Lipinski definition) is 2. The van der Waals surface area contributed by atoms with Crippen LogP contribution in [0, 0.1) is 17.8 Å². The average molecular weight is 501 g/mol. The van der Waals surface area contributed by atoms with Crippen molar-refractivity contribution in [3.63, 3.8) is 0 Å². The second kappa shape index (κ2) is 9.43. The second-order valence-corrected chi connectivity index (χ2v) is 11.8. The Morgan fingerprint density at radius 1 is 1.00 bits per heavy atom. The van der Waals surface area contributed by atoms with Crippen LogP contribution in [-0.2, 0) is 16.1 Å². The number of rotatable bonds is 7. The fraction of sp³-hybridized carbons (Fsp3) is 0.481. The van der Waals surface area contributed by atoms with Crippen molar-refractivity contribution in [3.05, 3.63) is 71.8 Å². The van der Waals surface area contributed by atoms with Crippen molar-refractivity contribution in [2.75, 3.05) is 6.54 Å². The van der Waals surface area contributed by atoms with Crippen LogP contribution in [-0.4, -0.2) is 28.3 Å². The maximum Gasteiger partial charge on any atom is 0.407 e. The molecular weight excluding hydrogens is 471 g/mol. The van der Waals surface area contributed by atoms with Gasteiger partial charge in [-0.05, 0) is 55.1 Å². The van der Waals surface area contributed by atoms with Crippen molar-refractivity contribution >= 4 is 35.2 Å². The molecule has 7 heteroatoms. The van der Waals surface area contributed by atoms with Gasteiger partial charge in [-0.1, -0.05) is 60.7 Å². The van der Waals surface area contributed by atoms with Gasteiger partial charge in [0, 0.05) is 10.8 Å². The van der Waals surface area contributed by atoms with E-state index in [1.54, 1.807) is 0 Å². The molecule has 4 aliphatic carbocycles. The first-order valence-electron chi connectivity index (χ1n) is 12.0. The van der Waals surface area contributed by atoms with E-state index in [4.69, 9.17) is 27.9 Å². The molecule has 0 spiro atoms. The molecule has 6 rings (SSSR count). The molecule has 5 nitrogen and oxygen atoms in total. The lowest BCUT2D eigenvalue weighted by molar-refractivity contribution is -0.122. The van der Waals surface area contributed by atoms with E-state index in [0.29, 0.717) is 11.8 Å². The predicted molar refractivity (Wildman–Crippen MR) is 133 cm³/mol. The number of amides is 2. The lowest BCUT2D eigenvalue weighted by atomic mass is 9.49. The molecule has 4 aliphatic rings. The monoisotopic (exact) mass is 500 g/mol. The Morgan fingerprint density at radius 2 is 1.71 bits per heavy atom. The van der Waals surface area contributed by atoms with E-state index in [1.807, 2.05) is 60.7 Å². The largest absolute Gasteiger partial charge is 0.445 e. The van der Waals surface area contributed by atoms with Gasteiger partial charge in [-0.15, -0.1) is 23.2 Å². The molecule has 34 heavy (non-hydrogen) atoms. The van der Waals surface area contributed by atoms with E-state index < -0.39 is 11.0 Å². The van der Waals surface area contributed by atoms with Crippen LogP contribution >= 0.6 is 23.2 Å². The highest BCUT2D eigenvalue weighted by Gasteiger charge is 2.63. The molecule has 1 unspecified atom stereocenters. The van der Waals surface area contributed by atoms with E-state index in [0.717, 1.165) is 43.2 Å². The molecule has 0 heterocycles. The average Bonchev–Trinajstić information content (AvgIpc) is 2.80. The van der Waals surface area contributed by atoms with E-state index >= 15 is 0 Å². The van der Waals surface area contributed by atoms with Crippen molar-refractivity contribution in [1.29, 1.82) is 0 Å². The number of halogens is 2. The van der Waals surface area contributed by atoms with Crippen LogP contribution in [0.3, 0.4) is 0 Å². The molecule has 0 radical (unpaired) electrons. The van der Waals surface area contributed by atoms with Crippen LogP contribution in [0.4, 0.5) is 4.79 Å². The molecule has 0 aliphatic heterocycles. The van der Waals surface area contributed by atoms with Crippen molar-refractivity contribution in [3.8, 4) is 0 Å². The Hall–Kier alpha value is -2.24. The molecule has 4 fully saturated rings. The second-order valence-electron chi connectivity index (χ2n) is 10.2. The summed E-state index contributed by atoms with van der Waals surface area (Å²) in [5.74, 6) is 0.756. The van der Waals surface area contributed by atoms with Gasteiger partial charge in [0.1, 0.15) is 13.2 Å². The zero-order chi connectivity index (χ0) is 23.8. The Labute approximate surface area is 210 Å². The molecule has 180 valence electrons. The van der Waals surface area contributed by atoms with Crippen molar-refractivity contribution in [2.45, 2.75) is 54.5 Å². The molecule has 0 aromatic heterocycles. The lowest BCUT2D eigenvalue weighted by Crippen LogP contribution is -2.62. The first-order valence-corrected chi connectivity index (χ1v) is 12.8. The van der Waals surface area contributed by atoms with Gasteiger partial charge >= 0.3 is 6.09 Å². The molecular formula is C27H30Cl2N2O3. The van der Waals surface area contributed by atoms with Crippen LogP contribution < -0.4 is 10.6 Å².